The first-order valence-corrected chi connectivity index (χ1v) is 9.07. The molecule has 0 saturated carbocycles. The molecule has 24 heavy (non-hydrogen) atoms. The van der Waals surface area contributed by atoms with Crippen molar-refractivity contribution in [2.75, 3.05) is 19.8 Å². The van der Waals surface area contributed by atoms with Gasteiger partial charge in [-0.25, -0.2) is 18.4 Å². The molecule has 0 bridgehead atoms. The maximum absolute atomic E-state index is 11.6. The van der Waals surface area contributed by atoms with Crippen molar-refractivity contribution in [3.63, 3.8) is 0 Å². The van der Waals surface area contributed by atoms with E-state index in [0.29, 0.717) is 26.0 Å². The van der Waals surface area contributed by atoms with E-state index in [0.717, 1.165) is 12.0 Å². The Morgan fingerprint density at radius 1 is 1.29 bits per heavy atom. The van der Waals surface area contributed by atoms with E-state index in [9.17, 15) is 18.0 Å². The van der Waals surface area contributed by atoms with Crippen LogP contribution < -0.4 is 10.5 Å². The highest BCUT2D eigenvalue weighted by Crippen LogP contribution is 2.13. The zero-order chi connectivity index (χ0) is 17.6. The van der Waals surface area contributed by atoms with Crippen molar-refractivity contribution in [1.82, 2.24) is 5.32 Å². The number of primary sulfonamides is 1. The molecule has 2 rings (SSSR count). The number of nitrogens with two attached hydrogens (primary N) is 1. The Morgan fingerprint density at radius 3 is 2.58 bits per heavy atom. The first-order valence-electron chi connectivity index (χ1n) is 7.53. The molecule has 1 aromatic rings. The molecule has 9 heteroatoms. The lowest BCUT2D eigenvalue weighted by molar-refractivity contribution is -0.157. The molecule has 0 unspecified atom stereocenters. The van der Waals surface area contributed by atoms with E-state index < -0.39 is 28.0 Å². The van der Waals surface area contributed by atoms with Gasteiger partial charge < -0.3 is 14.8 Å². The fourth-order valence-electron chi connectivity index (χ4n) is 2.24. The molecule has 0 radical (unpaired) electrons. The van der Waals surface area contributed by atoms with E-state index in [4.69, 9.17) is 14.6 Å². The topological polar surface area (TPSA) is 125 Å². The minimum Gasteiger partial charge on any atom is -0.454 e. The lowest BCUT2D eigenvalue weighted by Gasteiger charge is -2.10. The van der Waals surface area contributed by atoms with Crippen LogP contribution in [-0.4, -0.2) is 46.2 Å². The van der Waals surface area contributed by atoms with Crippen LogP contribution in [0.15, 0.2) is 29.2 Å². The predicted octanol–water partition coefficient (Wildman–Crippen LogP) is -0.285. The first-order chi connectivity index (χ1) is 11.4. The quantitative estimate of drug-likeness (QED) is 0.647. The van der Waals surface area contributed by atoms with Crippen LogP contribution in [0.3, 0.4) is 0 Å². The van der Waals surface area contributed by atoms with E-state index in [1.54, 1.807) is 12.1 Å². The molecule has 1 saturated heterocycles. The van der Waals surface area contributed by atoms with Crippen molar-refractivity contribution in [3.8, 4) is 0 Å². The van der Waals surface area contributed by atoms with Gasteiger partial charge in [0.2, 0.25) is 10.0 Å². The second-order valence-corrected chi connectivity index (χ2v) is 6.96. The van der Waals surface area contributed by atoms with Gasteiger partial charge in [0.05, 0.1) is 4.90 Å². The molecule has 8 nitrogen and oxygen atoms in total. The van der Waals surface area contributed by atoms with Gasteiger partial charge >= 0.3 is 5.97 Å². The van der Waals surface area contributed by atoms with E-state index in [1.807, 2.05) is 0 Å². The highest BCUT2D eigenvalue weighted by molar-refractivity contribution is 7.89. The molecule has 1 atom stereocenters. The van der Waals surface area contributed by atoms with Crippen molar-refractivity contribution in [2.24, 2.45) is 5.14 Å². The molecule has 0 aromatic heterocycles. The van der Waals surface area contributed by atoms with Crippen LogP contribution >= 0.6 is 0 Å². The van der Waals surface area contributed by atoms with Crippen LogP contribution in [0.2, 0.25) is 0 Å². The molecule has 1 aliphatic heterocycles. The van der Waals surface area contributed by atoms with E-state index in [1.165, 1.54) is 12.1 Å². The van der Waals surface area contributed by atoms with Crippen LogP contribution in [0.4, 0.5) is 0 Å². The maximum Gasteiger partial charge on any atom is 0.335 e. The monoisotopic (exact) mass is 356 g/mol. The van der Waals surface area contributed by atoms with Gasteiger partial charge in [-0.3, -0.25) is 4.79 Å². The Balaban J connectivity index is 1.67. The van der Waals surface area contributed by atoms with Crippen LogP contribution in [-0.2, 0) is 35.5 Å². The number of sulfonamides is 1. The molecule has 3 N–H and O–H groups in total. The van der Waals surface area contributed by atoms with Gasteiger partial charge in [0.15, 0.2) is 12.7 Å². The zero-order valence-electron chi connectivity index (χ0n) is 13.1. The summed E-state index contributed by atoms with van der Waals surface area (Å²) < 4.78 is 32.3. The fraction of sp³-hybridized carbons (Fsp3) is 0.467. The summed E-state index contributed by atoms with van der Waals surface area (Å²) in [7, 11) is -3.70. The molecule has 1 aromatic carbocycles. The number of carbonyl (C=O) groups is 2. The number of nitrogens with one attached hydrogen (secondary N) is 1. The van der Waals surface area contributed by atoms with Gasteiger partial charge in [0, 0.05) is 13.2 Å². The summed E-state index contributed by atoms with van der Waals surface area (Å²) >= 11 is 0. The largest absolute Gasteiger partial charge is 0.454 e. The predicted molar refractivity (Wildman–Crippen MR) is 84.5 cm³/mol. The average Bonchev–Trinajstić information content (AvgIpc) is 3.07. The normalized spacial score (nSPS) is 17.5. The number of rotatable bonds is 7. The van der Waals surface area contributed by atoms with Crippen LogP contribution in [0.1, 0.15) is 18.4 Å². The number of ether oxygens (including phenoxy) is 2. The van der Waals surface area contributed by atoms with Crippen LogP contribution in [0.5, 0.6) is 0 Å². The summed E-state index contributed by atoms with van der Waals surface area (Å²) in [6.07, 6.45) is 1.39. The lowest BCUT2D eigenvalue weighted by atomic mass is 10.1. The lowest BCUT2D eigenvalue weighted by Crippen LogP contribution is -2.32. The Morgan fingerprint density at radius 2 is 2.00 bits per heavy atom. The Kier molecular flexibility index (Phi) is 6.29. The Bertz CT molecular complexity index is 680. The number of hydrogen-bond acceptors (Lipinski definition) is 6. The molecule has 1 heterocycles. The molecule has 1 fully saturated rings. The Labute approximate surface area is 140 Å². The van der Waals surface area contributed by atoms with E-state index in [2.05, 4.69) is 5.32 Å². The fourth-order valence-corrected chi connectivity index (χ4v) is 2.75. The standard InChI is InChI=1S/C15H20N2O6S/c16-24(20,21)12-5-3-11(4-6-12)7-8-17-14(18)10-23-15(19)13-2-1-9-22-13/h3-6,13H,1-2,7-10H2,(H,17,18)(H2,16,20,21)/t13-/m0/s1. The third-order valence-electron chi connectivity index (χ3n) is 3.53. The number of carbonyl (C=O) groups excluding carboxylic acids is 2. The summed E-state index contributed by atoms with van der Waals surface area (Å²) in [6, 6.07) is 6.08. The molecule has 1 amide bonds. The van der Waals surface area contributed by atoms with E-state index in [-0.39, 0.29) is 11.5 Å². The third kappa shape index (κ3) is 5.59. The summed E-state index contributed by atoms with van der Waals surface area (Å²) in [6.45, 7) is 0.532. The summed E-state index contributed by atoms with van der Waals surface area (Å²) in [5.41, 5.74) is 0.846. The SMILES string of the molecule is NS(=O)(=O)c1ccc(CCNC(=O)COC(=O)[C@@H]2CCCO2)cc1. The molecule has 0 aliphatic carbocycles. The molecular weight excluding hydrogens is 336 g/mol. The van der Waals surface area contributed by atoms with Gasteiger partial charge in [0.25, 0.3) is 5.91 Å². The number of hydrogen-bond donors (Lipinski definition) is 2. The third-order valence-corrected chi connectivity index (χ3v) is 4.46. The summed E-state index contributed by atoms with van der Waals surface area (Å²) in [5.74, 6) is -0.913. The maximum atomic E-state index is 11.6. The highest BCUT2D eigenvalue weighted by atomic mass is 32.2. The van der Waals surface area contributed by atoms with Crippen molar-refractivity contribution in [1.29, 1.82) is 0 Å². The van der Waals surface area contributed by atoms with E-state index >= 15 is 0 Å². The minimum atomic E-state index is -3.70. The molecule has 0 spiro atoms. The summed E-state index contributed by atoms with van der Waals surface area (Å²) in [5, 5.41) is 7.64. The van der Waals surface area contributed by atoms with Crippen molar-refractivity contribution in [2.45, 2.75) is 30.3 Å². The van der Waals surface area contributed by atoms with Crippen LogP contribution in [0, 0.1) is 0 Å². The number of benzene rings is 1. The highest BCUT2D eigenvalue weighted by Gasteiger charge is 2.25. The second-order valence-electron chi connectivity index (χ2n) is 5.40. The number of amides is 1. The first kappa shape index (κ1) is 18.4. The molecular formula is C15H20N2O6S. The minimum absolute atomic E-state index is 0.0383. The van der Waals surface area contributed by atoms with Gasteiger partial charge in [-0.15, -0.1) is 0 Å². The van der Waals surface area contributed by atoms with Crippen LogP contribution in [0.25, 0.3) is 0 Å². The zero-order valence-corrected chi connectivity index (χ0v) is 13.9. The average molecular weight is 356 g/mol. The van der Waals surface area contributed by atoms with Gasteiger partial charge in [-0.1, -0.05) is 12.1 Å². The van der Waals surface area contributed by atoms with Crippen molar-refractivity contribution < 1.29 is 27.5 Å². The smallest absolute Gasteiger partial charge is 0.335 e. The summed E-state index contributed by atoms with van der Waals surface area (Å²) in [4.78, 5) is 23.2. The van der Waals surface area contributed by atoms with Gasteiger partial charge in [-0.2, -0.15) is 0 Å². The van der Waals surface area contributed by atoms with Crippen molar-refractivity contribution >= 4 is 21.9 Å². The number of esters is 1. The molecule has 132 valence electrons. The Hall–Kier alpha value is -1.97. The van der Waals surface area contributed by atoms with Gasteiger partial charge in [0.1, 0.15) is 0 Å². The molecule has 1 aliphatic rings. The van der Waals surface area contributed by atoms with Gasteiger partial charge in [-0.05, 0) is 37.0 Å². The van der Waals surface area contributed by atoms with Crippen molar-refractivity contribution in [3.05, 3.63) is 29.8 Å². The second kappa shape index (κ2) is 8.22.